The normalized spacial score (nSPS) is 19.5. The highest BCUT2D eigenvalue weighted by atomic mass is 16.5. The fourth-order valence-corrected chi connectivity index (χ4v) is 2.22. The molecule has 5 heteroatoms. The number of nitrogens with one attached hydrogen (secondary N) is 1. The third-order valence-electron chi connectivity index (χ3n) is 3.25. The molecule has 1 fully saturated rings. The highest BCUT2D eigenvalue weighted by Crippen LogP contribution is 2.18. The molecule has 1 saturated heterocycles. The van der Waals surface area contributed by atoms with Crippen molar-refractivity contribution < 1.29 is 4.74 Å². The van der Waals surface area contributed by atoms with Crippen LogP contribution in [0, 0.1) is 11.3 Å². The molecule has 0 aromatic carbocycles. The third kappa shape index (κ3) is 3.20. The summed E-state index contributed by atoms with van der Waals surface area (Å²) in [6, 6.07) is 3.74. The van der Waals surface area contributed by atoms with Crippen LogP contribution in [0.2, 0.25) is 0 Å². The van der Waals surface area contributed by atoms with E-state index < -0.39 is 0 Å². The summed E-state index contributed by atoms with van der Waals surface area (Å²) in [5, 5.41) is 7.30. The summed E-state index contributed by atoms with van der Waals surface area (Å²) in [4.78, 5) is 6.35. The Bertz CT molecular complexity index is 398. The number of ether oxygens (including phenoxy) is 1. The largest absolute Gasteiger partial charge is 0.382 e. The number of nitrogens with two attached hydrogens (primary N) is 1. The summed E-state index contributed by atoms with van der Waals surface area (Å²) < 4.78 is 5.48. The van der Waals surface area contributed by atoms with Gasteiger partial charge in [-0.15, -0.1) is 0 Å². The van der Waals surface area contributed by atoms with Crippen molar-refractivity contribution >= 4 is 11.5 Å². The molecule has 1 aromatic heterocycles. The Labute approximate surface area is 107 Å². The lowest BCUT2D eigenvalue weighted by molar-refractivity contribution is 0.0576. The molecular formula is C13H20N4O. The van der Waals surface area contributed by atoms with Crippen molar-refractivity contribution in [3.05, 3.63) is 24.0 Å². The first-order chi connectivity index (χ1) is 8.66. The second-order valence-corrected chi connectivity index (χ2v) is 4.78. The van der Waals surface area contributed by atoms with E-state index in [1.165, 1.54) is 6.42 Å². The molecule has 2 heterocycles. The van der Waals surface area contributed by atoms with Gasteiger partial charge in [-0.3, -0.25) is 10.4 Å². The van der Waals surface area contributed by atoms with Gasteiger partial charge in [-0.2, -0.15) is 0 Å². The first-order valence-electron chi connectivity index (χ1n) is 6.26. The van der Waals surface area contributed by atoms with Crippen LogP contribution in [0.25, 0.3) is 0 Å². The van der Waals surface area contributed by atoms with Gasteiger partial charge in [0, 0.05) is 20.2 Å². The third-order valence-corrected chi connectivity index (χ3v) is 3.25. The van der Waals surface area contributed by atoms with Gasteiger partial charge >= 0.3 is 0 Å². The molecule has 1 aromatic rings. The number of nitrogens with zero attached hydrogens (tertiary/aromatic N) is 2. The van der Waals surface area contributed by atoms with E-state index in [0.717, 1.165) is 31.9 Å². The standard InChI is InChI=1S/C13H20N4O/c1-17(8-10-3-2-6-18-9-10)11-4-5-12(13(14)15)16-7-11/h4-5,7,10H,2-3,6,8-9H2,1H3,(H3,14,15). The Morgan fingerprint density at radius 3 is 3.00 bits per heavy atom. The topological polar surface area (TPSA) is 75.2 Å². The van der Waals surface area contributed by atoms with Crippen molar-refractivity contribution in [2.45, 2.75) is 12.8 Å². The zero-order valence-electron chi connectivity index (χ0n) is 10.7. The van der Waals surface area contributed by atoms with Crippen LogP contribution in [0.3, 0.4) is 0 Å². The second-order valence-electron chi connectivity index (χ2n) is 4.78. The van der Waals surface area contributed by atoms with Crippen LogP contribution in [0.15, 0.2) is 18.3 Å². The zero-order valence-corrected chi connectivity index (χ0v) is 10.7. The summed E-state index contributed by atoms with van der Waals surface area (Å²) in [6.07, 6.45) is 4.14. The molecule has 0 spiro atoms. The molecule has 0 amide bonds. The minimum atomic E-state index is 0.00452. The van der Waals surface area contributed by atoms with Gasteiger partial charge in [-0.05, 0) is 30.9 Å². The average Bonchev–Trinajstić information content (AvgIpc) is 2.40. The zero-order chi connectivity index (χ0) is 13.0. The fraction of sp³-hybridized carbons (Fsp3) is 0.538. The van der Waals surface area contributed by atoms with Gasteiger partial charge in [0.1, 0.15) is 11.5 Å². The molecule has 1 aliphatic heterocycles. The van der Waals surface area contributed by atoms with Crippen LogP contribution in [-0.2, 0) is 4.74 Å². The van der Waals surface area contributed by atoms with Gasteiger partial charge in [0.25, 0.3) is 0 Å². The first kappa shape index (κ1) is 12.8. The number of rotatable bonds is 4. The van der Waals surface area contributed by atoms with Crippen molar-refractivity contribution in [1.82, 2.24) is 4.98 Å². The SMILES string of the molecule is CN(CC1CCCOC1)c1ccc(C(=N)N)nc1. The molecule has 2 rings (SSSR count). The lowest BCUT2D eigenvalue weighted by Crippen LogP contribution is -2.31. The minimum Gasteiger partial charge on any atom is -0.382 e. The van der Waals surface area contributed by atoms with Gasteiger partial charge in [0.15, 0.2) is 0 Å². The number of amidine groups is 1. The van der Waals surface area contributed by atoms with Gasteiger partial charge in [0.05, 0.1) is 18.5 Å². The number of aromatic nitrogens is 1. The van der Waals surface area contributed by atoms with E-state index in [1.807, 2.05) is 6.07 Å². The monoisotopic (exact) mass is 248 g/mol. The predicted molar refractivity (Wildman–Crippen MR) is 72.1 cm³/mol. The summed E-state index contributed by atoms with van der Waals surface area (Å²) in [5.41, 5.74) is 6.95. The van der Waals surface area contributed by atoms with E-state index in [2.05, 4.69) is 16.9 Å². The number of hydrogen-bond donors (Lipinski definition) is 2. The average molecular weight is 248 g/mol. The molecule has 1 aliphatic rings. The first-order valence-corrected chi connectivity index (χ1v) is 6.26. The summed E-state index contributed by atoms with van der Waals surface area (Å²) >= 11 is 0. The van der Waals surface area contributed by atoms with Crippen LogP contribution >= 0.6 is 0 Å². The number of pyridine rings is 1. The van der Waals surface area contributed by atoms with Gasteiger partial charge in [0.2, 0.25) is 0 Å². The van der Waals surface area contributed by atoms with Crippen molar-refractivity contribution in [2.24, 2.45) is 11.7 Å². The van der Waals surface area contributed by atoms with Crippen LogP contribution in [0.1, 0.15) is 18.5 Å². The Hall–Kier alpha value is -1.62. The quantitative estimate of drug-likeness (QED) is 0.620. The molecule has 1 unspecified atom stereocenters. The van der Waals surface area contributed by atoms with Gasteiger partial charge in [-0.25, -0.2) is 0 Å². The number of hydrogen-bond acceptors (Lipinski definition) is 4. The molecule has 0 bridgehead atoms. The highest BCUT2D eigenvalue weighted by Gasteiger charge is 2.16. The fourth-order valence-electron chi connectivity index (χ4n) is 2.22. The summed E-state index contributed by atoms with van der Waals surface area (Å²) in [5.74, 6) is 0.598. The molecule has 0 aliphatic carbocycles. The lowest BCUT2D eigenvalue weighted by atomic mass is 10.0. The highest BCUT2D eigenvalue weighted by molar-refractivity contribution is 5.93. The van der Waals surface area contributed by atoms with E-state index in [4.69, 9.17) is 15.9 Å². The maximum atomic E-state index is 7.30. The smallest absolute Gasteiger partial charge is 0.141 e. The van der Waals surface area contributed by atoms with E-state index in [1.54, 1.807) is 12.3 Å². The molecule has 0 radical (unpaired) electrons. The van der Waals surface area contributed by atoms with Gasteiger partial charge in [-0.1, -0.05) is 0 Å². The molecular weight excluding hydrogens is 228 g/mol. The van der Waals surface area contributed by atoms with E-state index in [0.29, 0.717) is 11.6 Å². The Balaban J connectivity index is 1.95. The van der Waals surface area contributed by atoms with Crippen LogP contribution in [0.4, 0.5) is 5.69 Å². The molecule has 18 heavy (non-hydrogen) atoms. The molecule has 0 saturated carbocycles. The van der Waals surface area contributed by atoms with Crippen molar-refractivity contribution in [3.63, 3.8) is 0 Å². The van der Waals surface area contributed by atoms with Crippen LogP contribution in [0.5, 0.6) is 0 Å². The van der Waals surface area contributed by atoms with E-state index >= 15 is 0 Å². The van der Waals surface area contributed by atoms with Gasteiger partial charge < -0.3 is 15.4 Å². The maximum absolute atomic E-state index is 7.30. The van der Waals surface area contributed by atoms with Crippen molar-refractivity contribution in [1.29, 1.82) is 5.41 Å². The van der Waals surface area contributed by atoms with Crippen molar-refractivity contribution in [3.8, 4) is 0 Å². The summed E-state index contributed by atoms with van der Waals surface area (Å²) in [6.45, 7) is 2.72. The summed E-state index contributed by atoms with van der Waals surface area (Å²) in [7, 11) is 2.05. The predicted octanol–water partition coefficient (Wildman–Crippen LogP) is 1.23. The second kappa shape index (κ2) is 5.82. The molecule has 3 N–H and O–H groups in total. The van der Waals surface area contributed by atoms with Crippen LogP contribution in [-0.4, -0.2) is 37.6 Å². The molecule has 98 valence electrons. The number of anilines is 1. The van der Waals surface area contributed by atoms with E-state index in [9.17, 15) is 0 Å². The Morgan fingerprint density at radius 2 is 2.44 bits per heavy atom. The molecule has 1 atom stereocenters. The minimum absolute atomic E-state index is 0.00452. The number of nitrogen functional groups attached to an aromatic ring is 1. The van der Waals surface area contributed by atoms with Crippen molar-refractivity contribution in [2.75, 3.05) is 31.7 Å². The Morgan fingerprint density at radius 1 is 1.61 bits per heavy atom. The molecule has 5 nitrogen and oxygen atoms in total. The Kier molecular flexibility index (Phi) is 4.15. The van der Waals surface area contributed by atoms with E-state index in [-0.39, 0.29) is 5.84 Å². The lowest BCUT2D eigenvalue weighted by Gasteiger charge is -2.28. The maximum Gasteiger partial charge on any atom is 0.141 e. The van der Waals surface area contributed by atoms with Crippen LogP contribution < -0.4 is 10.6 Å².